The molecule has 1 N–H and O–H groups in total. The zero-order chi connectivity index (χ0) is 18.2. The Morgan fingerprint density at radius 1 is 1.36 bits per heavy atom. The van der Waals surface area contributed by atoms with E-state index in [2.05, 4.69) is 17.1 Å². The molecule has 1 fully saturated rings. The van der Waals surface area contributed by atoms with Gasteiger partial charge in [-0.2, -0.15) is 0 Å². The maximum absolute atomic E-state index is 13.3. The number of nitrogens with one attached hydrogen (secondary N) is 1. The number of amides is 2. The Kier molecular flexibility index (Phi) is 7.37. The van der Waals surface area contributed by atoms with E-state index in [1.165, 1.54) is 42.4 Å². The van der Waals surface area contributed by atoms with E-state index in [4.69, 9.17) is 0 Å². The molecule has 5 nitrogen and oxygen atoms in total. The van der Waals surface area contributed by atoms with Gasteiger partial charge >= 0.3 is 11.8 Å². The number of anilines is 1. The SMILES string of the molecule is CCN(C(=O)C(=O)NCCCN1CCCC[C@@H]1C)c1cccc(F)c1. The molecule has 1 heterocycles. The first kappa shape index (κ1) is 19.4. The molecule has 138 valence electrons. The van der Waals surface area contributed by atoms with Crippen molar-refractivity contribution >= 4 is 17.5 Å². The normalized spacial score (nSPS) is 18.0. The highest BCUT2D eigenvalue weighted by atomic mass is 19.1. The van der Waals surface area contributed by atoms with Crippen molar-refractivity contribution in [2.75, 3.05) is 31.1 Å². The quantitative estimate of drug-likeness (QED) is 0.634. The van der Waals surface area contributed by atoms with Crippen molar-refractivity contribution in [1.82, 2.24) is 10.2 Å². The highest BCUT2D eigenvalue weighted by Gasteiger charge is 2.22. The minimum atomic E-state index is -0.653. The lowest BCUT2D eigenvalue weighted by atomic mass is 10.0. The molecule has 0 radical (unpaired) electrons. The summed E-state index contributed by atoms with van der Waals surface area (Å²) in [5, 5.41) is 2.69. The van der Waals surface area contributed by atoms with Gasteiger partial charge in [-0.05, 0) is 57.9 Å². The number of benzene rings is 1. The molecule has 1 aliphatic rings. The molecule has 1 aromatic rings. The number of hydrogen-bond donors (Lipinski definition) is 1. The van der Waals surface area contributed by atoms with Gasteiger partial charge in [0.05, 0.1) is 0 Å². The summed E-state index contributed by atoms with van der Waals surface area (Å²) in [4.78, 5) is 28.1. The van der Waals surface area contributed by atoms with E-state index in [-0.39, 0.29) is 0 Å². The Morgan fingerprint density at radius 2 is 2.16 bits per heavy atom. The summed E-state index contributed by atoms with van der Waals surface area (Å²) in [6, 6.07) is 6.30. The molecule has 0 spiro atoms. The molecule has 25 heavy (non-hydrogen) atoms. The molecule has 0 aromatic heterocycles. The van der Waals surface area contributed by atoms with Gasteiger partial charge in [0.2, 0.25) is 0 Å². The largest absolute Gasteiger partial charge is 0.348 e. The highest BCUT2D eigenvalue weighted by Crippen LogP contribution is 2.17. The summed E-state index contributed by atoms with van der Waals surface area (Å²) < 4.78 is 13.3. The predicted octanol–water partition coefficient (Wildman–Crippen LogP) is 2.56. The second kappa shape index (κ2) is 9.51. The molecule has 2 amide bonds. The zero-order valence-electron chi connectivity index (χ0n) is 15.1. The van der Waals surface area contributed by atoms with Gasteiger partial charge in [-0.3, -0.25) is 9.59 Å². The van der Waals surface area contributed by atoms with Crippen LogP contribution in [0.2, 0.25) is 0 Å². The Balaban J connectivity index is 1.79. The number of hydrogen-bond acceptors (Lipinski definition) is 3. The summed E-state index contributed by atoms with van der Waals surface area (Å²) in [5.41, 5.74) is 0.393. The molecule has 6 heteroatoms. The maximum atomic E-state index is 13.3. The predicted molar refractivity (Wildman–Crippen MR) is 96.9 cm³/mol. The van der Waals surface area contributed by atoms with Gasteiger partial charge in [-0.15, -0.1) is 0 Å². The number of carbonyl (C=O) groups is 2. The fraction of sp³-hybridized carbons (Fsp3) is 0.579. The van der Waals surface area contributed by atoms with Crippen LogP contribution in [-0.2, 0) is 9.59 Å². The van der Waals surface area contributed by atoms with Crippen LogP contribution in [0.4, 0.5) is 10.1 Å². The molecule has 1 aliphatic heterocycles. The average Bonchev–Trinajstić information content (AvgIpc) is 2.60. The first-order valence-electron chi connectivity index (χ1n) is 9.12. The lowest BCUT2D eigenvalue weighted by molar-refractivity contribution is -0.137. The fourth-order valence-corrected chi connectivity index (χ4v) is 3.26. The molecule has 0 unspecified atom stereocenters. The summed E-state index contributed by atoms with van der Waals surface area (Å²) in [6.07, 6.45) is 4.56. The van der Waals surface area contributed by atoms with Crippen molar-refractivity contribution in [3.8, 4) is 0 Å². The fourth-order valence-electron chi connectivity index (χ4n) is 3.26. The summed E-state index contributed by atoms with van der Waals surface area (Å²) in [5.74, 6) is -1.72. The number of likely N-dealkylation sites (tertiary alicyclic amines) is 1. The Bertz CT molecular complexity index is 594. The van der Waals surface area contributed by atoms with Crippen molar-refractivity contribution in [2.24, 2.45) is 0 Å². The van der Waals surface area contributed by atoms with E-state index >= 15 is 0 Å². The highest BCUT2D eigenvalue weighted by molar-refractivity contribution is 6.40. The number of rotatable bonds is 6. The van der Waals surface area contributed by atoms with Crippen molar-refractivity contribution < 1.29 is 14.0 Å². The van der Waals surface area contributed by atoms with Crippen molar-refractivity contribution in [3.63, 3.8) is 0 Å². The Hall–Kier alpha value is -1.95. The smallest absolute Gasteiger partial charge is 0.316 e. The molecular formula is C19H28FN3O2. The van der Waals surface area contributed by atoms with Crippen LogP contribution in [0.5, 0.6) is 0 Å². The lowest BCUT2D eigenvalue weighted by Crippen LogP contribution is -2.44. The number of nitrogens with zero attached hydrogens (tertiary/aromatic N) is 2. The van der Waals surface area contributed by atoms with Crippen LogP contribution in [0.15, 0.2) is 24.3 Å². The van der Waals surface area contributed by atoms with E-state index in [0.717, 1.165) is 19.5 Å². The third kappa shape index (κ3) is 5.53. The number of halogens is 1. The zero-order valence-corrected chi connectivity index (χ0v) is 15.1. The monoisotopic (exact) mass is 349 g/mol. The third-order valence-corrected chi connectivity index (χ3v) is 4.72. The van der Waals surface area contributed by atoms with Gasteiger partial charge in [0.15, 0.2) is 0 Å². The molecular weight excluding hydrogens is 321 g/mol. The topological polar surface area (TPSA) is 52.7 Å². The summed E-state index contributed by atoms with van der Waals surface area (Å²) in [6.45, 7) is 6.80. The minimum absolute atomic E-state index is 0.307. The maximum Gasteiger partial charge on any atom is 0.316 e. The van der Waals surface area contributed by atoms with Crippen LogP contribution in [-0.4, -0.2) is 48.9 Å². The number of likely N-dealkylation sites (N-methyl/N-ethyl adjacent to an activating group) is 1. The Labute approximate surface area is 149 Å². The first-order valence-corrected chi connectivity index (χ1v) is 9.12. The second-order valence-corrected chi connectivity index (χ2v) is 6.52. The molecule has 1 aromatic carbocycles. The van der Waals surface area contributed by atoms with Gasteiger partial charge < -0.3 is 15.1 Å². The van der Waals surface area contributed by atoms with Crippen LogP contribution in [0.1, 0.15) is 39.5 Å². The standard InChI is InChI=1S/C19H28FN3O2/c1-3-23(17-10-6-9-16(20)14-17)19(25)18(24)21-11-7-13-22-12-5-4-8-15(22)2/h6,9-10,14-15H,3-5,7-8,11-13H2,1-2H3,(H,21,24)/t15-/m0/s1. The van der Waals surface area contributed by atoms with Crippen LogP contribution in [0, 0.1) is 5.82 Å². The molecule has 2 rings (SSSR count). The van der Waals surface area contributed by atoms with Gasteiger partial charge in [-0.25, -0.2) is 4.39 Å². The molecule has 0 bridgehead atoms. The van der Waals surface area contributed by atoms with Crippen LogP contribution < -0.4 is 10.2 Å². The van der Waals surface area contributed by atoms with Crippen molar-refractivity contribution in [2.45, 2.75) is 45.6 Å². The first-order chi connectivity index (χ1) is 12.0. The van der Waals surface area contributed by atoms with Gasteiger partial charge in [-0.1, -0.05) is 12.5 Å². The van der Waals surface area contributed by atoms with Gasteiger partial charge in [0, 0.05) is 31.4 Å². The molecule has 0 saturated carbocycles. The van der Waals surface area contributed by atoms with Crippen molar-refractivity contribution in [3.05, 3.63) is 30.1 Å². The van der Waals surface area contributed by atoms with Crippen LogP contribution in [0.3, 0.4) is 0 Å². The second-order valence-electron chi connectivity index (χ2n) is 6.52. The van der Waals surface area contributed by atoms with E-state index < -0.39 is 17.6 Å². The number of piperidine rings is 1. The van der Waals surface area contributed by atoms with E-state index in [1.807, 2.05) is 0 Å². The number of carbonyl (C=O) groups excluding carboxylic acids is 2. The van der Waals surface area contributed by atoms with E-state index in [0.29, 0.717) is 24.8 Å². The average molecular weight is 349 g/mol. The van der Waals surface area contributed by atoms with Crippen molar-refractivity contribution in [1.29, 1.82) is 0 Å². The van der Waals surface area contributed by atoms with E-state index in [1.54, 1.807) is 13.0 Å². The van der Waals surface area contributed by atoms with Crippen LogP contribution in [0.25, 0.3) is 0 Å². The summed E-state index contributed by atoms with van der Waals surface area (Å²) >= 11 is 0. The molecule has 1 saturated heterocycles. The van der Waals surface area contributed by atoms with Gasteiger partial charge in [0.25, 0.3) is 0 Å². The van der Waals surface area contributed by atoms with E-state index in [9.17, 15) is 14.0 Å². The molecule has 1 atom stereocenters. The third-order valence-electron chi connectivity index (χ3n) is 4.72. The summed E-state index contributed by atoms with van der Waals surface area (Å²) in [7, 11) is 0. The van der Waals surface area contributed by atoms with Crippen LogP contribution >= 0.6 is 0 Å². The van der Waals surface area contributed by atoms with Gasteiger partial charge in [0.1, 0.15) is 5.82 Å². The minimum Gasteiger partial charge on any atom is -0.348 e. The lowest BCUT2D eigenvalue weighted by Gasteiger charge is -2.33. The molecule has 0 aliphatic carbocycles. The Morgan fingerprint density at radius 3 is 2.84 bits per heavy atom.